The molecule has 1 aromatic rings. The summed E-state index contributed by atoms with van der Waals surface area (Å²) < 4.78 is 119. The number of carbonyl (C=O) groups excluding carboxylic acids is 4. The molecule has 38 atom stereocenters. The molecule has 116 heavy (non-hydrogen) atoms. The molecule has 0 amide bonds. The van der Waals surface area contributed by atoms with E-state index in [1.807, 2.05) is 41.5 Å². The summed E-state index contributed by atoms with van der Waals surface area (Å²) in [6.45, 7) is 56.6. The molecular weight excluding hydrogens is 1490 g/mol. The minimum Gasteiger partial charge on any atom is -0.457 e. The Morgan fingerprint density at radius 3 is 1.72 bits per heavy atom. The Kier molecular flexibility index (Phi) is 27.0. The van der Waals surface area contributed by atoms with Crippen molar-refractivity contribution in [2.45, 2.75) is 398 Å². The third-order valence-electron chi connectivity index (χ3n) is 33.8. The van der Waals surface area contributed by atoms with Gasteiger partial charge in [0.05, 0.1) is 72.9 Å². The van der Waals surface area contributed by atoms with E-state index in [2.05, 4.69) is 161 Å². The van der Waals surface area contributed by atoms with Crippen molar-refractivity contribution in [1.82, 2.24) is 0 Å². The smallest absolute Gasteiger partial charge is 0.315 e. The van der Waals surface area contributed by atoms with Gasteiger partial charge in [0.25, 0.3) is 0 Å². The Morgan fingerprint density at radius 2 is 1.09 bits per heavy atom. The topological polar surface area (TPSA) is 225 Å². The Hall–Kier alpha value is -3.30. The molecule has 13 rings (SSSR count). The molecule has 1 aromatic carbocycles. The monoisotopic (exact) mass is 1640 g/mol. The Balaban J connectivity index is 0.797. The molecule has 7 saturated heterocycles. The van der Waals surface area contributed by atoms with Crippen molar-refractivity contribution in [2.24, 2.45) is 109 Å². The van der Waals surface area contributed by atoms with Gasteiger partial charge in [-0.1, -0.05) is 180 Å². The van der Waals surface area contributed by atoms with E-state index in [1.165, 1.54) is 25.7 Å². The maximum absolute atomic E-state index is 16.6. The van der Waals surface area contributed by atoms with Gasteiger partial charge in [-0.15, -0.1) is 0 Å². The zero-order chi connectivity index (χ0) is 84.2. The van der Waals surface area contributed by atoms with E-state index in [-0.39, 0.29) is 105 Å². The highest BCUT2D eigenvalue weighted by Gasteiger charge is 2.73. The maximum Gasteiger partial charge on any atom is 0.315 e. The van der Waals surface area contributed by atoms with Crippen LogP contribution in [0, 0.1) is 109 Å². The van der Waals surface area contributed by atoms with Gasteiger partial charge in [-0.2, -0.15) is 0 Å². The van der Waals surface area contributed by atoms with Gasteiger partial charge >= 0.3 is 17.9 Å². The van der Waals surface area contributed by atoms with Crippen molar-refractivity contribution in [3.05, 3.63) is 47.5 Å². The summed E-state index contributed by atoms with van der Waals surface area (Å²) in [5.41, 5.74) is -0.370. The summed E-state index contributed by atoms with van der Waals surface area (Å²) in [7, 11) is -2.18. The van der Waals surface area contributed by atoms with Gasteiger partial charge in [0, 0.05) is 37.5 Å². The zero-order valence-electron chi connectivity index (χ0n) is 75.5. The summed E-state index contributed by atoms with van der Waals surface area (Å²) in [4.78, 5) is 57.3. The third-order valence-corrected chi connectivity index (χ3v) is 38.4. The minimum absolute atomic E-state index is 0.0109. The number of esters is 3. The van der Waals surface area contributed by atoms with Crippen LogP contribution in [0.5, 0.6) is 0 Å². The van der Waals surface area contributed by atoms with Gasteiger partial charge in [-0.05, 0) is 197 Å². The Labute approximate surface area is 696 Å². The van der Waals surface area contributed by atoms with Crippen LogP contribution in [0.25, 0.3) is 0 Å². The lowest BCUT2D eigenvalue weighted by atomic mass is 9.32. The van der Waals surface area contributed by atoms with Crippen molar-refractivity contribution in [1.29, 1.82) is 0 Å². The van der Waals surface area contributed by atoms with Crippen LogP contribution >= 0.6 is 0 Å². The molecule has 0 bridgehead atoms. The molecular formula is C94H150O21Si. The Bertz CT molecular complexity index is 3580. The quantitative estimate of drug-likeness (QED) is 0.0248. The van der Waals surface area contributed by atoms with Crippen LogP contribution in [0.2, 0.25) is 18.1 Å². The largest absolute Gasteiger partial charge is 0.457 e. The van der Waals surface area contributed by atoms with E-state index in [1.54, 1.807) is 0 Å². The Morgan fingerprint density at radius 1 is 0.517 bits per heavy atom. The van der Waals surface area contributed by atoms with Gasteiger partial charge < -0.3 is 85.0 Å². The first-order chi connectivity index (χ1) is 54.6. The number of rotatable bonds is 23. The maximum atomic E-state index is 16.6. The van der Waals surface area contributed by atoms with Crippen LogP contribution in [0.1, 0.15) is 250 Å². The first-order valence-electron chi connectivity index (χ1n) is 45.5. The standard InChI is InChI=1S/C94H150O21Si/c1-27-67-56(11)55(10)57(12)81(105-67)110-79-73(109-83-76(54(9)51(6)48-100-83)115-116(28-2,29-3)30-4)58(13)68(44-64-34-32-31-33-35-64)106-86(79)107-71-39-40-90(23)69(91(71,24)49-95)38-41-92(25)70(90)37-36-65-66-46-88(19,20)42-43-94(66,52(7)45-93(65,92)26)87(98)112-85-80(78-77(61(16)102-85)113-89(21,22)114-78)111-84-75(104-63(18)97)59(14)72(60(15)101-84)108-82-74(103-62(17)96)53(8)50(5)47-99-82/h31-36,49-61,66-86H,27-30,37-48H2,1-26H3/t50-,51-,52?,53+,54+,55+,56-,57?,58-,59?,60?,61?,66?,67?,68?,69-,70?,71+,72-,73+,74?,75+,76?,77+,78+,79?,80?,81+,82+,83+,84+,85+,86+,90?,91?,92-,93-,94+/m1/s1. The summed E-state index contributed by atoms with van der Waals surface area (Å²) in [6.07, 6.45) is -2.26. The average molecular weight is 1640 g/mol. The number of benzene rings is 1. The SMILES string of the molecule is CCC1O[C@@H](OC2[C@H](O[C@H]3CCC4(C)C5CC=C6C7CC(C)(C)CC[C@]7(C(=O)O[C@@H]7OC(C)[C@@H]8OC(C)(C)O[C@@H]8C7O[C@@H]7OC(C)[C@H](O[C@@H]8OC[C@@H](C)[C@H](C)C8OC(C)=O)C(C)[C@@H]7OC(C)=O)C(C)C[C@@]6(C)[C@]5(C)CC[C@H]4C3(C)C=O)OC(Cc3ccccc3)[C@@H](C)[C@@H]2O[C@@H]2OC[C@@H](C)[C@H](C)C2O[Si](CC)(CC)CC)C(C)[C@@H](C)[C@H]1C. The summed E-state index contributed by atoms with van der Waals surface area (Å²) in [6, 6.07) is 13.6. The number of carbonyl (C=O) groups is 4. The highest BCUT2D eigenvalue weighted by atomic mass is 28.4. The first-order valence-corrected chi connectivity index (χ1v) is 48.1. The third kappa shape index (κ3) is 16.4. The van der Waals surface area contributed by atoms with Gasteiger partial charge in [0.1, 0.15) is 24.6 Å². The van der Waals surface area contributed by atoms with E-state index in [9.17, 15) is 14.4 Å². The number of hydrogen-bond donors (Lipinski definition) is 0. The molecule has 0 radical (unpaired) electrons. The number of aldehydes is 1. The predicted molar refractivity (Wildman–Crippen MR) is 440 cm³/mol. The van der Waals surface area contributed by atoms with E-state index in [0.717, 1.165) is 75.1 Å². The first kappa shape index (κ1) is 90.4. The normalized spacial score (nSPS) is 48.6. The molecule has 15 unspecified atom stereocenters. The molecule has 11 fully saturated rings. The van der Waals surface area contributed by atoms with Crippen molar-refractivity contribution in [3.8, 4) is 0 Å². The van der Waals surface area contributed by atoms with Gasteiger partial charge in [0.15, 0.2) is 63.9 Å². The number of hydrogen-bond acceptors (Lipinski definition) is 21. The lowest BCUT2D eigenvalue weighted by molar-refractivity contribution is -0.379. The van der Waals surface area contributed by atoms with E-state index < -0.39 is 148 Å². The fourth-order valence-corrected chi connectivity index (χ4v) is 28.1. The molecule has 656 valence electrons. The van der Waals surface area contributed by atoms with Gasteiger partial charge in [-0.3, -0.25) is 14.4 Å². The average Bonchev–Trinajstić information content (AvgIpc) is 0.733. The van der Waals surface area contributed by atoms with Crippen LogP contribution in [0.4, 0.5) is 0 Å². The van der Waals surface area contributed by atoms with E-state index in [4.69, 9.17) is 80.2 Å². The molecule has 4 saturated carbocycles. The minimum atomic E-state index is -2.18. The summed E-state index contributed by atoms with van der Waals surface area (Å²) >= 11 is 0. The van der Waals surface area contributed by atoms with Gasteiger partial charge in [-0.25, -0.2) is 0 Å². The number of fused-ring (bicyclic) bond motifs is 8. The fraction of sp³-hybridized carbons (Fsp3) is 0.872. The second-order valence-electron chi connectivity index (χ2n) is 41.3. The van der Waals surface area contributed by atoms with Crippen molar-refractivity contribution in [2.75, 3.05) is 13.2 Å². The van der Waals surface area contributed by atoms with Crippen LogP contribution < -0.4 is 0 Å². The lowest BCUT2D eigenvalue weighted by Gasteiger charge is -2.72. The molecule has 7 heterocycles. The number of ether oxygens (including phenoxy) is 16. The highest BCUT2D eigenvalue weighted by molar-refractivity contribution is 6.73. The predicted octanol–water partition coefficient (Wildman–Crippen LogP) is 17.5. The molecule has 22 heteroatoms. The van der Waals surface area contributed by atoms with Crippen LogP contribution in [0.3, 0.4) is 0 Å². The van der Waals surface area contributed by atoms with Crippen molar-refractivity contribution >= 4 is 32.5 Å². The zero-order valence-corrected chi connectivity index (χ0v) is 76.5. The van der Waals surface area contributed by atoms with Crippen LogP contribution in [-0.2, 0) is 106 Å². The molecule has 7 aliphatic heterocycles. The molecule has 12 aliphatic rings. The molecule has 21 nitrogen and oxygen atoms in total. The molecule has 5 aliphatic carbocycles. The summed E-state index contributed by atoms with van der Waals surface area (Å²) in [5, 5.41) is 0. The van der Waals surface area contributed by atoms with Crippen molar-refractivity contribution in [3.63, 3.8) is 0 Å². The highest BCUT2D eigenvalue weighted by Crippen LogP contribution is 2.77. The fourth-order valence-electron chi connectivity index (χ4n) is 25.2. The van der Waals surface area contributed by atoms with Crippen LogP contribution in [-0.4, -0.2) is 175 Å². The second-order valence-corrected chi connectivity index (χ2v) is 46.1. The van der Waals surface area contributed by atoms with Crippen molar-refractivity contribution < 1.29 is 99.4 Å². The van der Waals surface area contributed by atoms with E-state index >= 15 is 4.79 Å². The second kappa shape index (κ2) is 34.7. The molecule has 0 N–H and O–H groups in total. The van der Waals surface area contributed by atoms with Crippen LogP contribution in [0.15, 0.2) is 42.0 Å². The van der Waals surface area contributed by atoms with Gasteiger partial charge in [0.2, 0.25) is 6.29 Å². The lowest BCUT2D eigenvalue weighted by Crippen LogP contribution is -2.68. The molecule has 0 aromatic heterocycles. The number of allylic oxidation sites excluding steroid dienone is 2. The summed E-state index contributed by atoms with van der Waals surface area (Å²) in [5.74, 6) is -2.20. The van der Waals surface area contributed by atoms with E-state index in [0.29, 0.717) is 44.3 Å². The molecule has 0 spiro atoms.